The average molecular weight is 302 g/mol. The van der Waals surface area contributed by atoms with E-state index in [0.717, 1.165) is 17.7 Å². The maximum atomic E-state index is 12.6. The Labute approximate surface area is 120 Å². The third-order valence-electron chi connectivity index (χ3n) is 4.30. The van der Waals surface area contributed by atoms with Gasteiger partial charge in [-0.15, -0.1) is 0 Å². The Hall–Kier alpha value is -1.11. The van der Waals surface area contributed by atoms with Crippen LogP contribution < -0.4 is 0 Å². The highest BCUT2D eigenvalue weighted by Gasteiger charge is 2.45. The molecule has 1 heterocycles. The number of hydrogen-bond donors (Lipinski definition) is 1. The van der Waals surface area contributed by atoms with Crippen LogP contribution in [0, 0.1) is 0 Å². The zero-order valence-corrected chi connectivity index (χ0v) is 11.4. The number of hydrogen-bond acceptors (Lipinski definition) is 3. The molecule has 1 aromatic carbocycles. The van der Waals surface area contributed by atoms with Crippen LogP contribution in [0.15, 0.2) is 24.3 Å². The van der Waals surface area contributed by atoms with E-state index in [1.54, 1.807) is 0 Å². The first-order chi connectivity index (χ1) is 9.90. The molecule has 1 aliphatic heterocycles. The Bertz CT molecular complexity index is 492. The average Bonchev–Trinajstić information content (AvgIpc) is 2.86. The molecule has 0 unspecified atom stereocenters. The van der Waals surface area contributed by atoms with E-state index in [4.69, 9.17) is 9.47 Å². The molecule has 0 aromatic heterocycles. The third kappa shape index (κ3) is 2.93. The van der Waals surface area contributed by atoms with Crippen molar-refractivity contribution >= 4 is 0 Å². The lowest BCUT2D eigenvalue weighted by Gasteiger charge is -2.39. The maximum Gasteiger partial charge on any atom is 0.416 e. The molecule has 1 aliphatic carbocycles. The van der Waals surface area contributed by atoms with Crippen LogP contribution in [0.5, 0.6) is 0 Å². The highest BCUT2D eigenvalue weighted by atomic mass is 19.4. The molecule has 6 heteroatoms. The minimum absolute atomic E-state index is 0.175. The minimum Gasteiger partial charge on any atom is -0.392 e. The van der Waals surface area contributed by atoms with Gasteiger partial charge in [0.25, 0.3) is 0 Å². The molecule has 3 nitrogen and oxygen atoms in total. The van der Waals surface area contributed by atoms with E-state index in [1.165, 1.54) is 12.1 Å². The van der Waals surface area contributed by atoms with Gasteiger partial charge in [0.15, 0.2) is 5.79 Å². The predicted molar refractivity (Wildman–Crippen MR) is 68.7 cm³/mol. The molecule has 1 saturated carbocycles. The van der Waals surface area contributed by atoms with E-state index in [9.17, 15) is 18.3 Å². The largest absolute Gasteiger partial charge is 0.416 e. The van der Waals surface area contributed by atoms with E-state index in [0.29, 0.717) is 32.5 Å². The van der Waals surface area contributed by atoms with Crippen molar-refractivity contribution in [1.29, 1.82) is 0 Å². The molecular formula is C15H17F3O3. The molecule has 1 saturated heterocycles. The van der Waals surface area contributed by atoms with Crippen molar-refractivity contribution in [3.8, 4) is 0 Å². The van der Waals surface area contributed by atoms with Crippen molar-refractivity contribution in [3.63, 3.8) is 0 Å². The highest BCUT2D eigenvalue weighted by Crippen LogP contribution is 2.43. The van der Waals surface area contributed by atoms with Gasteiger partial charge >= 0.3 is 6.18 Å². The fourth-order valence-corrected chi connectivity index (χ4v) is 3.20. The van der Waals surface area contributed by atoms with Gasteiger partial charge in [0.1, 0.15) is 0 Å². The van der Waals surface area contributed by atoms with Gasteiger partial charge in [-0.05, 0) is 24.1 Å². The van der Waals surface area contributed by atoms with E-state index >= 15 is 0 Å². The molecule has 1 aromatic rings. The fourth-order valence-electron chi connectivity index (χ4n) is 3.20. The summed E-state index contributed by atoms with van der Waals surface area (Å²) in [5, 5.41) is 10.3. The normalized spacial score (nSPS) is 29.0. The third-order valence-corrected chi connectivity index (χ3v) is 4.30. The Balaban J connectivity index is 1.73. The summed E-state index contributed by atoms with van der Waals surface area (Å²) in [4.78, 5) is 0. The number of rotatable bonds is 1. The summed E-state index contributed by atoms with van der Waals surface area (Å²) in [6.07, 6.45) is -3.37. The van der Waals surface area contributed by atoms with Crippen LogP contribution >= 0.6 is 0 Å². The van der Waals surface area contributed by atoms with Gasteiger partial charge in [0, 0.05) is 18.8 Å². The number of aliphatic hydroxyl groups excluding tert-OH is 1. The quantitative estimate of drug-likeness (QED) is 0.866. The summed E-state index contributed by atoms with van der Waals surface area (Å²) in [6, 6.07) is 5.03. The van der Waals surface area contributed by atoms with Crippen LogP contribution in [0.3, 0.4) is 0 Å². The first-order valence-electron chi connectivity index (χ1n) is 7.03. The molecule has 0 amide bonds. The highest BCUT2D eigenvalue weighted by molar-refractivity contribution is 5.28. The molecule has 2 fully saturated rings. The summed E-state index contributed by atoms with van der Waals surface area (Å²) < 4.78 is 48.8. The van der Waals surface area contributed by atoms with Gasteiger partial charge in [-0.25, -0.2) is 0 Å². The second-order valence-electron chi connectivity index (χ2n) is 5.64. The first kappa shape index (κ1) is 14.8. The topological polar surface area (TPSA) is 38.7 Å². The van der Waals surface area contributed by atoms with E-state index < -0.39 is 23.6 Å². The van der Waals surface area contributed by atoms with Gasteiger partial charge in [-0.1, -0.05) is 12.1 Å². The summed E-state index contributed by atoms with van der Waals surface area (Å²) in [5.74, 6) is -0.868. The van der Waals surface area contributed by atoms with Crippen LogP contribution in [-0.4, -0.2) is 30.2 Å². The van der Waals surface area contributed by atoms with Crippen molar-refractivity contribution in [2.24, 2.45) is 0 Å². The second-order valence-corrected chi connectivity index (χ2v) is 5.64. The zero-order chi connectivity index (χ0) is 15.1. The number of ether oxygens (including phenoxy) is 2. The van der Waals surface area contributed by atoms with Crippen molar-refractivity contribution in [2.45, 2.75) is 43.2 Å². The summed E-state index contributed by atoms with van der Waals surface area (Å²) in [7, 11) is 0. The molecule has 21 heavy (non-hydrogen) atoms. The van der Waals surface area contributed by atoms with Gasteiger partial charge in [-0.3, -0.25) is 0 Å². The van der Waals surface area contributed by atoms with Crippen LogP contribution in [0.1, 0.15) is 36.3 Å². The van der Waals surface area contributed by atoms with E-state index in [-0.39, 0.29) is 5.92 Å². The number of halogens is 3. The van der Waals surface area contributed by atoms with Crippen molar-refractivity contribution in [2.75, 3.05) is 13.2 Å². The van der Waals surface area contributed by atoms with Gasteiger partial charge < -0.3 is 14.6 Å². The molecular weight excluding hydrogens is 285 g/mol. The first-order valence-corrected chi connectivity index (χ1v) is 7.03. The second kappa shape index (κ2) is 5.26. The smallest absolute Gasteiger partial charge is 0.392 e. The lowest BCUT2D eigenvalue weighted by Crippen LogP contribution is -2.42. The van der Waals surface area contributed by atoms with Crippen LogP contribution in [-0.2, 0) is 15.7 Å². The molecule has 3 rings (SSSR count). The summed E-state index contributed by atoms with van der Waals surface area (Å²) in [5.41, 5.74) is 0.0545. The lowest BCUT2D eigenvalue weighted by atomic mass is 9.78. The Kier molecular flexibility index (Phi) is 3.71. The Morgan fingerprint density at radius 3 is 2.24 bits per heavy atom. The van der Waals surface area contributed by atoms with Crippen molar-refractivity contribution < 1.29 is 27.8 Å². The fraction of sp³-hybridized carbons (Fsp3) is 0.600. The molecule has 116 valence electrons. The Morgan fingerprint density at radius 2 is 1.71 bits per heavy atom. The number of benzene rings is 1. The minimum atomic E-state index is -4.33. The van der Waals surface area contributed by atoms with Crippen molar-refractivity contribution in [1.82, 2.24) is 0 Å². The molecule has 0 radical (unpaired) electrons. The SMILES string of the molecule is O[C@H]1CC2(CC[C@H]1c1ccc(C(F)(F)F)cc1)OCCO2. The summed E-state index contributed by atoms with van der Waals surface area (Å²) in [6.45, 7) is 1.05. The Morgan fingerprint density at radius 1 is 1.10 bits per heavy atom. The van der Waals surface area contributed by atoms with Crippen LogP contribution in [0.2, 0.25) is 0 Å². The van der Waals surface area contributed by atoms with Gasteiger partial charge in [-0.2, -0.15) is 13.2 Å². The van der Waals surface area contributed by atoms with Gasteiger partial charge in [0.05, 0.1) is 24.9 Å². The molecule has 2 aliphatic rings. The monoisotopic (exact) mass is 302 g/mol. The molecule has 1 spiro atoms. The van der Waals surface area contributed by atoms with Crippen LogP contribution in [0.25, 0.3) is 0 Å². The molecule has 0 bridgehead atoms. The standard InChI is InChI=1S/C15H17F3O3/c16-15(17,18)11-3-1-10(2-4-11)12-5-6-14(9-13(12)19)20-7-8-21-14/h1-4,12-13,19H,5-9H2/t12-,13-/m0/s1. The number of aliphatic hydroxyl groups is 1. The molecule has 1 N–H and O–H groups in total. The number of alkyl halides is 3. The predicted octanol–water partition coefficient (Wildman–Crippen LogP) is 3.08. The summed E-state index contributed by atoms with van der Waals surface area (Å²) >= 11 is 0. The lowest BCUT2D eigenvalue weighted by molar-refractivity contribution is -0.199. The van der Waals surface area contributed by atoms with Crippen LogP contribution in [0.4, 0.5) is 13.2 Å². The maximum absolute atomic E-state index is 12.6. The molecule has 2 atom stereocenters. The van der Waals surface area contributed by atoms with Crippen molar-refractivity contribution in [3.05, 3.63) is 35.4 Å². The van der Waals surface area contributed by atoms with E-state index in [2.05, 4.69) is 0 Å². The van der Waals surface area contributed by atoms with E-state index in [1.807, 2.05) is 0 Å². The zero-order valence-electron chi connectivity index (χ0n) is 11.4. The van der Waals surface area contributed by atoms with Gasteiger partial charge in [0.2, 0.25) is 0 Å².